The zero-order valence-electron chi connectivity index (χ0n) is 61.7. The molecule has 0 aromatic carbocycles. The minimum atomic E-state index is -4.41. The number of phosphoric ester groups is 1. The number of hydrogen-bond acceptors (Lipinski definition) is 8. The molecule has 0 saturated carbocycles. The van der Waals surface area contributed by atoms with Crippen LogP contribution < -0.4 is 5.73 Å². The number of carbonyl (C=O) groups is 2. The average Bonchev–Trinajstić information content (AvgIpc) is 2.88. The van der Waals surface area contributed by atoms with E-state index in [1.807, 2.05) is 0 Å². The molecule has 2 atom stereocenters. The first-order valence-electron chi connectivity index (χ1n) is 38.9. The SMILES string of the molecule is CC/C=C\C/C=C\C/C=C\C/C=C\C/C=C\C/C=C\C/C=C\C/C=C\CCCCCCCCCCCCCCCCC(=O)OC(COC(=O)CCCCCCCCCCCCCC/C=C\C/C=C\C/C=C\C/C=C\C/C=C\C/C=C\C/C=C\C/C=C\CC)COP(=O)(O)OCCN. The lowest BCUT2D eigenvalue weighted by atomic mass is 10.0. The number of phosphoric acid groups is 1. The molecule has 2 unspecified atom stereocenters. The zero-order valence-corrected chi connectivity index (χ0v) is 62.6. The molecule has 3 N–H and O–H groups in total. The van der Waals surface area contributed by atoms with E-state index < -0.39 is 26.5 Å². The molecule has 0 aliphatic heterocycles. The minimum Gasteiger partial charge on any atom is -0.462 e. The third-order valence-electron chi connectivity index (χ3n) is 16.0. The lowest BCUT2D eigenvalue weighted by Crippen LogP contribution is -2.29. The van der Waals surface area contributed by atoms with E-state index in [1.54, 1.807) is 0 Å². The van der Waals surface area contributed by atoms with Crippen LogP contribution in [-0.2, 0) is 32.7 Å². The highest BCUT2D eigenvalue weighted by Crippen LogP contribution is 2.43. The third kappa shape index (κ3) is 79.7. The topological polar surface area (TPSA) is 134 Å². The molecular formula is C87H142NO8P. The molecule has 0 heterocycles. The number of carbonyl (C=O) groups excluding carboxylic acids is 2. The van der Waals surface area contributed by atoms with E-state index >= 15 is 0 Å². The largest absolute Gasteiger partial charge is 0.472 e. The first-order valence-corrected chi connectivity index (χ1v) is 40.4. The van der Waals surface area contributed by atoms with Gasteiger partial charge in [-0.05, 0) is 141 Å². The van der Waals surface area contributed by atoms with Gasteiger partial charge in [0.15, 0.2) is 6.10 Å². The molecule has 0 fully saturated rings. The number of unbranched alkanes of at least 4 members (excludes halogenated alkanes) is 26. The van der Waals surface area contributed by atoms with E-state index in [-0.39, 0.29) is 38.6 Å². The van der Waals surface area contributed by atoms with Crippen molar-refractivity contribution in [2.24, 2.45) is 5.73 Å². The van der Waals surface area contributed by atoms with Gasteiger partial charge in [0.2, 0.25) is 0 Å². The van der Waals surface area contributed by atoms with Crippen LogP contribution in [-0.4, -0.2) is 49.3 Å². The van der Waals surface area contributed by atoms with Crippen molar-refractivity contribution in [3.63, 3.8) is 0 Å². The van der Waals surface area contributed by atoms with Gasteiger partial charge in [0.05, 0.1) is 13.2 Å². The van der Waals surface area contributed by atoms with Gasteiger partial charge in [-0.25, -0.2) is 4.57 Å². The summed E-state index contributed by atoms with van der Waals surface area (Å²) >= 11 is 0. The molecule has 0 aromatic rings. The first-order chi connectivity index (χ1) is 47.8. The van der Waals surface area contributed by atoms with Gasteiger partial charge in [0, 0.05) is 19.4 Å². The van der Waals surface area contributed by atoms with Crippen LogP contribution in [0, 0.1) is 0 Å². The number of hydrogen-bond donors (Lipinski definition) is 2. The Morgan fingerprint density at radius 1 is 0.309 bits per heavy atom. The summed E-state index contributed by atoms with van der Waals surface area (Å²) in [6.45, 7) is 3.52. The van der Waals surface area contributed by atoms with Gasteiger partial charge >= 0.3 is 19.8 Å². The van der Waals surface area contributed by atoms with E-state index in [9.17, 15) is 19.0 Å². The quantitative estimate of drug-likeness (QED) is 0.0264. The Bertz CT molecular complexity index is 2300. The molecule has 9 nitrogen and oxygen atoms in total. The minimum absolute atomic E-state index is 0.0456. The van der Waals surface area contributed by atoms with Crippen molar-refractivity contribution in [2.45, 2.75) is 315 Å². The summed E-state index contributed by atoms with van der Waals surface area (Å²) < 4.78 is 33.3. The normalized spacial score (nSPS) is 14.0. The van der Waals surface area contributed by atoms with Crippen LogP contribution in [0.25, 0.3) is 0 Å². The van der Waals surface area contributed by atoms with E-state index in [2.05, 4.69) is 208 Å². The third-order valence-corrected chi connectivity index (χ3v) is 17.0. The standard InChI is InChI=1S/C87H142NO8P/c1-3-5-7-9-11-13-15-17-19-21-23-25-27-29-31-33-35-37-39-41-42-44-46-48-50-52-54-56-58-60-62-64-66-68-70-72-74-76-78-80-87(90)96-85(84-95-97(91,92)94-82-81-88)83-93-86(89)79-77-75-73-71-69-67-65-63-61-59-57-55-53-51-49-47-45-43-40-38-36-34-32-30-28-26-24-22-20-18-16-14-12-10-8-6-4-2/h5-8,11-14,17-20,23-26,29-32,35-38,41-43,45-46,48-49,51,85H,3-4,9-10,15-16,21-22,27-28,33-34,39-40,44,47,50,52-84,88H2,1-2H3,(H,91,92)/b7-5-,8-6-,13-11-,14-12-,19-17-,20-18-,25-23-,26-24-,31-29-,32-30-,37-35-,38-36-,42-41-,45-43-,48-46-,51-49-. The van der Waals surface area contributed by atoms with Crippen molar-refractivity contribution in [3.05, 3.63) is 194 Å². The number of rotatable bonds is 71. The van der Waals surface area contributed by atoms with Crippen LogP contribution in [0.1, 0.15) is 309 Å². The summed E-state index contributed by atoms with van der Waals surface area (Å²) in [5.74, 6) is -0.834. The van der Waals surface area contributed by atoms with Crippen LogP contribution in [0.2, 0.25) is 0 Å². The van der Waals surface area contributed by atoms with E-state index in [0.29, 0.717) is 6.42 Å². The van der Waals surface area contributed by atoms with Gasteiger partial charge in [-0.3, -0.25) is 18.6 Å². The monoisotopic (exact) mass is 1360 g/mol. The maximum atomic E-state index is 12.8. The Morgan fingerprint density at radius 2 is 0.536 bits per heavy atom. The number of allylic oxidation sites excluding steroid dienone is 32. The second-order valence-electron chi connectivity index (χ2n) is 25.1. The number of esters is 2. The Hall–Kier alpha value is -5.15. The Morgan fingerprint density at radius 3 is 0.794 bits per heavy atom. The maximum Gasteiger partial charge on any atom is 0.472 e. The van der Waals surface area contributed by atoms with Gasteiger partial charge in [0.1, 0.15) is 6.61 Å². The summed E-state index contributed by atoms with van der Waals surface area (Å²) in [4.78, 5) is 35.5. The highest BCUT2D eigenvalue weighted by Gasteiger charge is 2.26. The smallest absolute Gasteiger partial charge is 0.462 e. The Kier molecular flexibility index (Phi) is 75.6. The predicted octanol–water partition coefficient (Wildman–Crippen LogP) is 26.4. The van der Waals surface area contributed by atoms with Crippen LogP contribution >= 0.6 is 7.82 Å². The van der Waals surface area contributed by atoms with Crippen molar-refractivity contribution in [3.8, 4) is 0 Å². The van der Waals surface area contributed by atoms with Gasteiger partial charge in [-0.2, -0.15) is 0 Å². The molecule has 548 valence electrons. The molecule has 10 heteroatoms. The van der Waals surface area contributed by atoms with Gasteiger partial charge in [-0.15, -0.1) is 0 Å². The lowest BCUT2D eigenvalue weighted by molar-refractivity contribution is -0.161. The van der Waals surface area contributed by atoms with Gasteiger partial charge < -0.3 is 20.1 Å². The highest BCUT2D eigenvalue weighted by atomic mass is 31.2. The molecule has 0 aromatic heterocycles. The molecule has 0 radical (unpaired) electrons. The summed E-state index contributed by atoms with van der Waals surface area (Å²) in [5, 5.41) is 0. The average molecular weight is 1360 g/mol. The molecule has 0 rings (SSSR count). The number of nitrogens with two attached hydrogens (primary N) is 1. The summed E-state index contributed by atoms with van der Waals surface area (Å²) in [6, 6.07) is 0. The van der Waals surface area contributed by atoms with E-state index in [4.69, 9.17) is 24.3 Å². The molecule has 0 bridgehead atoms. The summed E-state index contributed by atoms with van der Waals surface area (Å²) in [7, 11) is -4.41. The Balaban J connectivity index is 3.91. The second kappa shape index (κ2) is 79.8. The van der Waals surface area contributed by atoms with Gasteiger partial charge in [-0.1, -0.05) is 350 Å². The molecule has 0 spiro atoms. The number of ether oxygens (including phenoxy) is 2. The summed E-state index contributed by atoms with van der Waals surface area (Å²) in [5.41, 5.74) is 5.41. The Labute approximate surface area is 596 Å². The molecular weight excluding hydrogens is 1220 g/mol. The second-order valence-corrected chi connectivity index (χ2v) is 26.6. The van der Waals surface area contributed by atoms with Crippen molar-refractivity contribution >= 4 is 19.8 Å². The van der Waals surface area contributed by atoms with E-state index in [0.717, 1.165) is 148 Å². The predicted molar refractivity (Wildman–Crippen MR) is 422 cm³/mol. The zero-order chi connectivity index (χ0) is 70.0. The van der Waals surface area contributed by atoms with Gasteiger partial charge in [0.25, 0.3) is 0 Å². The fourth-order valence-electron chi connectivity index (χ4n) is 10.3. The molecule has 0 aliphatic carbocycles. The van der Waals surface area contributed by atoms with Crippen molar-refractivity contribution in [2.75, 3.05) is 26.4 Å². The van der Waals surface area contributed by atoms with Crippen LogP contribution in [0.3, 0.4) is 0 Å². The highest BCUT2D eigenvalue weighted by molar-refractivity contribution is 7.47. The van der Waals surface area contributed by atoms with Crippen molar-refractivity contribution in [1.82, 2.24) is 0 Å². The van der Waals surface area contributed by atoms with Crippen LogP contribution in [0.5, 0.6) is 0 Å². The van der Waals surface area contributed by atoms with Crippen LogP contribution in [0.4, 0.5) is 0 Å². The van der Waals surface area contributed by atoms with Crippen LogP contribution in [0.15, 0.2) is 194 Å². The van der Waals surface area contributed by atoms with E-state index in [1.165, 1.54) is 128 Å². The fraction of sp³-hybridized carbons (Fsp3) is 0.609. The summed E-state index contributed by atoms with van der Waals surface area (Å²) in [6.07, 6.45) is 121. The lowest BCUT2D eigenvalue weighted by Gasteiger charge is -2.19. The van der Waals surface area contributed by atoms with Crippen molar-refractivity contribution < 1.29 is 37.6 Å². The van der Waals surface area contributed by atoms with Crippen molar-refractivity contribution in [1.29, 1.82) is 0 Å². The fourth-order valence-corrected chi connectivity index (χ4v) is 11.1. The molecule has 97 heavy (non-hydrogen) atoms. The molecule has 0 saturated heterocycles. The molecule has 0 aliphatic rings. The molecule has 0 amide bonds. The maximum absolute atomic E-state index is 12.8. The first kappa shape index (κ1) is 91.8.